The van der Waals surface area contributed by atoms with E-state index in [4.69, 9.17) is 4.74 Å². The van der Waals surface area contributed by atoms with E-state index in [1.54, 1.807) is 18.3 Å². The van der Waals surface area contributed by atoms with Crippen LogP contribution in [0.4, 0.5) is 29.2 Å². The summed E-state index contributed by atoms with van der Waals surface area (Å²) in [5, 5.41) is 11.4. The first-order valence-electron chi connectivity index (χ1n) is 11.2. The fourth-order valence-corrected chi connectivity index (χ4v) is 3.71. The number of hydrogen-bond donors (Lipinski definition) is 4. The van der Waals surface area contributed by atoms with Gasteiger partial charge >= 0.3 is 0 Å². The summed E-state index contributed by atoms with van der Waals surface area (Å²) >= 11 is 0. The quantitative estimate of drug-likeness (QED) is 0.238. The number of ether oxygens (including phenoxy) is 1. The molecule has 2 aromatic carbocycles. The second kappa shape index (κ2) is 10.2. The second-order valence-corrected chi connectivity index (χ2v) is 7.93. The van der Waals surface area contributed by atoms with Crippen LogP contribution in [0.1, 0.15) is 12.5 Å². The van der Waals surface area contributed by atoms with Gasteiger partial charge in [0.1, 0.15) is 0 Å². The summed E-state index contributed by atoms with van der Waals surface area (Å²) < 4.78 is 5.46. The van der Waals surface area contributed by atoms with Crippen molar-refractivity contribution in [2.75, 3.05) is 47.3 Å². The van der Waals surface area contributed by atoms with Gasteiger partial charge in [-0.3, -0.25) is 4.79 Å². The number of benzene rings is 2. The highest BCUT2D eigenvalue weighted by molar-refractivity contribution is 5.99. The SMILES string of the molecule is CC(=O)Nc1ccc(Nc2nc(NN=Cc3c[nH]c4ccccc34)nc(N3CCOCC3)n2)cc1. The number of nitrogens with one attached hydrogen (secondary N) is 4. The molecule has 0 radical (unpaired) electrons. The van der Waals surface area contributed by atoms with Crippen LogP contribution >= 0.6 is 0 Å². The number of nitrogens with zero attached hydrogens (tertiary/aromatic N) is 5. The van der Waals surface area contributed by atoms with Crippen molar-refractivity contribution < 1.29 is 9.53 Å². The van der Waals surface area contributed by atoms with Crippen LogP contribution in [0.25, 0.3) is 10.9 Å². The molecular weight excluding hydrogens is 446 g/mol. The Morgan fingerprint density at radius 1 is 1.03 bits per heavy atom. The van der Waals surface area contributed by atoms with Crippen LogP contribution in [-0.2, 0) is 9.53 Å². The standard InChI is InChI=1S/C24H25N9O2/c1-16(34)27-18-6-8-19(9-7-18)28-22-29-23(31-24(30-22)33-10-12-35-13-11-33)32-26-15-17-14-25-21-5-3-2-4-20(17)21/h2-9,14-15,25H,10-13H2,1H3,(H,27,34)(H2,28,29,30,31,32). The van der Waals surface area contributed by atoms with Crippen LogP contribution in [0.15, 0.2) is 59.8 Å². The molecule has 0 atom stereocenters. The van der Waals surface area contributed by atoms with Gasteiger partial charge in [0, 0.05) is 54.1 Å². The maximum absolute atomic E-state index is 11.3. The second-order valence-electron chi connectivity index (χ2n) is 7.93. The number of aromatic amines is 1. The number of morpholine rings is 1. The lowest BCUT2D eigenvalue weighted by atomic mass is 10.2. The smallest absolute Gasteiger partial charge is 0.250 e. The van der Waals surface area contributed by atoms with Crippen LogP contribution in [0, 0.1) is 0 Å². The van der Waals surface area contributed by atoms with Gasteiger partial charge in [-0.05, 0) is 30.3 Å². The molecule has 4 aromatic rings. The summed E-state index contributed by atoms with van der Waals surface area (Å²) in [7, 11) is 0. The zero-order valence-corrected chi connectivity index (χ0v) is 19.2. The minimum atomic E-state index is -0.123. The lowest BCUT2D eigenvalue weighted by Gasteiger charge is -2.27. The van der Waals surface area contributed by atoms with E-state index in [-0.39, 0.29) is 5.91 Å². The average molecular weight is 472 g/mol. The monoisotopic (exact) mass is 471 g/mol. The molecule has 1 saturated heterocycles. The maximum atomic E-state index is 11.3. The molecule has 0 saturated carbocycles. The van der Waals surface area contributed by atoms with Crippen molar-refractivity contribution >= 4 is 52.2 Å². The van der Waals surface area contributed by atoms with Crippen LogP contribution < -0.4 is 21.0 Å². The number of H-pyrrole nitrogens is 1. The molecule has 11 heteroatoms. The lowest BCUT2D eigenvalue weighted by molar-refractivity contribution is -0.114. The summed E-state index contributed by atoms with van der Waals surface area (Å²) in [6.45, 7) is 4.07. The van der Waals surface area contributed by atoms with E-state index in [2.05, 4.69) is 41.1 Å². The molecule has 1 aliphatic heterocycles. The van der Waals surface area contributed by atoms with Gasteiger partial charge in [0.25, 0.3) is 0 Å². The zero-order chi connectivity index (χ0) is 24.0. The Bertz CT molecular complexity index is 1340. The molecule has 0 spiro atoms. The molecule has 0 aliphatic carbocycles. The van der Waals surface area contributed by atoms with Gasteiger partial charge in [-0.1, -0.05) is 18.2 Å². The van der Waals surface area contributed by atoms with Crippen molar-refractivity contribution in [3.8, 4) is 0 Å². The topological polar surface area (TPSA) is 132 Å². The molecule has 1 amide bonds. The van der Waals surface area contributed by atoms with Crippen molar-refractivity contribution in [2.45, 2.75) is 6.92 Å². The molecule has 11 nitrogen and oxygen atoms in total. The third-order valence-electron chi connectivity index (χ3n) is 5.37. The van der Waals surface area contributed by atoms with Crippen LogP contribution in [-0.4, -0.2) is 58.4 Å². The Morgan fingerprint density at radius 2 is 1.77 bits per heavy atom. The number of carbonyl (C=O) groups excluding carboxylic acids is 1. The number of para-hydroxylation sites is 1. The fourth-order valence-electron chi connectivity index (χ4n) is 3.71. The first-order chi connectivity index (χ1) is 17.1. The minimum Gasteiger partial charge on any atom is -0.378 e. The normalized spacial score (nSPS) is 13.8. The molecule has 0 bridgehead atoms. The number of anilines is 5. The Balaban J connectivity index is 1.37. The highest BCUT2D eigenvalue weighted by Gasteiger charge is 2.17. The molecule has 0 unspecified atom stereocenters. The van der Waals surface area contributed by atoms with E-state index >= 15 is 0 Å². The van der Waals surface area contributed by atoms with Gasteiger partial charge in [0.2, 0.25) is 23.8 Å². The highest BCUT2D eigenvalue weighted by atomic mass is 16.5. The third kappa shape index (κ3) is 5.53. The van der Waals surface area contributed by atoms with Crippen molar-refractivity contribution in [3.05, 3.63) is 60.3 Å². The fraction of sp³-hybridized carbons (Fsp3) is 0.208. The molecule has 35 heavy (non-hydrogen) atoms. The van der Waals surface area contributed by atoms with Gasteiger partial charge in [0.05, 0.1) is 19.4 Å². The summed E-state index contributed by atoms with van der Waals surface area (Å²) in [6.07, 6.45) is 3.63. The predicted octanol–water partition coefficient (Wildman–Crippen LogP) is 3.34. The Labute approximate surface area is 201 Å². The molecule has 4 N–H and O–H groups in total. The van der Waals surface area contributed by atoms with Crippen LogP contribution in [0.5, 0.6) is 0 Å². The lowest BCUT2D eigenvalue weighted by Crippen LogP contribution is -2.37. The number of rotatable bonds is 7. The molecule has 3 heterocycles. The molecule has 5 rings (SSSR count). The molecule has 178 valence electrons. The zero-order valence-electron chi connectivity index (χ0n) is 19.2. The number of hydrogen-bond acceptors (Lipinski definition) is 9. The summed E-state index contributed by atoms with van der Waals surface area (Å²) in [5.41, 5.74) is 6.41. The number of amides is 1. The number of aromatic nitrogens is 4. The van der Waals surface area contributed by atoms with E-state index in [0.717, 1.165) is 22.2 Å². The molecule has 1 aliphatic rings. The van der Waals surface area contributed by atoms with Gasteiger partial charge in [-0.2, -0.15) is 20.1 Å². The Morgan fingerprint density at radius 3 is 2.57 bits per heavy atom. The number of hydrazone groups is 1. The summed E-state index contributed by atoms with van der Waals surface area (Å²) in [6, 6.07) is 15.3. The minimum absolute atomic E-state index is 0.123. The van der Waals surface area contributed by atoms with E-state index in [1.165, 1.54) is 6.92 Å². The first kappa shape index (κ1) is 22.3. The van der Waals surface area contributed by atoms with E-state index in [9.17, 15) is 4.79 Å². The average Bonchev–Trinajstić information content (AvgIpc) is 3.28. The van der Waals surface area contributed by atoms with E-state index < -0.39 is 0 Å². The first-order valence-corrected chi connectivity index (χ1v) is 11.2. The summed E-state index contributed by atoms with van der Waals surface area (Å²) in [5.74, 6) is 1.10. The molecule has 2 aromatic heterocycles. The molecular formula is C24H25N9O2. The molecule has 1 fully saturated rings. The number of carbonyl (C=O) groups is 1. The van der Waals surface area contributed by atoms with Crippen molar-refractivity contribution in [1.82, 2.24) is 19.9 Å². The van der Waals surface area contributed by atoms with Gasteiger partial charge in [-0.15, -0.1) is 0 Å². The summed E-state index contributed by atoms with van der Waals surface area (Å²) in [4.78, 5) is 30.2. The van der Waals surface area contributed by atoms with Gasteiger partial charge < -0.3 is 25.3 Å². The van der Waals surface area contributed by atoms with Crippen LogP contribution in [0.3, 0.4) is 0 Å². The van der Waals surface area contributed by atoms with E-state index in [0.29, 0.717) is 49.8 Å². The highest BCUT2D eigenvalue weighted by Crippen LogP contribution is 2.21. The van der Waals surface area contributed by atoms with Gasteiger partial charge in [0.15, 0.2) is 0 Å². The van der Waals surface area contributed by atoms with Crippen molar-refractivity contribution in [2.24, 2.45) is 5.10 Å². The Kier molecular flexibility index (Phi) is 6.48. The maximum Gasteiger partial charge on any atom is 0.250 e. The Hall–Kier alpha value is -4.51. The third-order valence-corrected chi connectivity index (χ3v) is 5.37. The van der Waals surface area contributed by atoms with Crippen molar-refractivity contribution in [1.29, 1.82) is 0 Å². The largest absolute Gasteiger partial charge is 0.378 e. The number of fused-ring (bicyclic) bond motifs is 1. The van der Waals surface area contributed by atoms with E-state index in [1.807, 2.05) is 47.5 Å². The van der Waals surface area contributed by atoms with Crippen molar-refractivity contribution in [3.63, 3.8) is 0 Å². The van der Waals surface area contributed by atoms with Gasteiger partial charge in [-0.25, -0.2) is 5.43 Å². The predicted molar refractivity (Wildman–Crippen MR) is 136 cm³/mol. The van der Waals surface area contributed by atoms with Crippen LogP contribution in [0.2, 0.25) is 0 Å².